The minimum Gasteiger partial charge on any atom is -0.466 e. The highest BCUT2D eigenvalue weighted by Crippen LogP contribution is 2.38. The number of halogens is 1. The molecule has 1 saturated heterocycles. The van der Waals surface area contributed by atoms with Crippen LogP contribution in [0.15, 0.2) is 0 Å². The normalized spacial score (nSPS) is 25.7. The van der Waals surface area contributed by atoms with Crippen molar-refractivity contribution in [3.63, 3.8) is 0 Å². The summed E-state index contributed by atoms with van der Waals surface area (Å²) < 4.78 is 31.2. The lowest BCUT2D eigenvalue weighted by Gasteiger charge is -2.46. The van der Waals surface area contributed by atoms with E-state index in [4.69, 9.17) is 35.3 Å². The lowest BCUT2D eigenvalue weighted by molar-refractivity contribution is -0.225. The van der Waals surface area contributed by atoms with E-state index in [1.54, 1.807) is 0 Å². The van der Waals surface area contributed by atoms with Crippen LogP contribution >= 0.6 is 11.6 Å². The number of hydrogen-bond donors (Lipinski definition) is 1. The molecule has 1 aliphatic rings. The van der Waals surface area contributed by atoms with E-state index in [-0.39, 0.29) is 0 Å². The molecule has 1 N–H and O–H groups in total. The summed E-state index contributed by atoms with van der Waals surface area (Å²) in [6, 6.07) is -1.24. The highest BCUT2D eigenvalue weighted by molar-refractivity contribution is 6.32. The molecule has 192 valence electrons. The van der Waals surface area contributed by atoms with Crippen LogP contribution in [0.1, 0.15) is 41.0 Å². The summed E-state index contributed by atoms with van der Waals surface area (Å²) in [6.07, 6.45) is -6.29. The van der Waals surface area contributed by atoms with Crippen molar-refractivity contribution in [3.8, 4) is 0 Å². The third-order valence-corrected chi connectivity index (χ3v) is 4.88. The molecule has 1 rings (SSSR count). The predicted molar refractivity (Wildman–Crippen MR) is 111 cm³/mol. The van der Waals surface area contributed by atoms with Crippen LogP contribution in [-0.4, -0.2) is 85.0 Å². The lowest BCUT2D eigenvalue weighted by atomic mass is 9.89. The van der Waals surface area contributed by atoms with Gasteiger partial charge in [-0.3, -0.25) is 24.0 Å². The molecule has 34 heavy (non-hydrogen) atoms. The maximum absolute atomic E-state index is 12.4. The molecule has 0 bridgehead atoms. The van der Waals surface area contributed by atoms with E-state index in [2.05, 4.69) is 10.1 Å². The molecule has 1 aliphatic heterocycles. The van der Waals surface area contributed by atoms with E-state index in [9.17, 15) is 28.8 Å². The first-order valence-corrected chi connectivity index (χ1v) is 10.4. The van der Waals surface area contributed by atoms with Gasteiger partial charge in [0.1, 0.15) is 18.8 Å². The van der Waals surface area contributed by atoms with Gasteiger partial charge in [0.15, 0.2) is 12.2 Å². The zero-order valence-corrected chi connectivity index (χ0v) is 20.3. The summed E-state index contributed by atoms with van der Waals surface area (Å²) in [7, 11) is 1.04. The molecule has 0 aliphatic carbocycles. The van der Waals surface area contributed by atoms with E-state index < -0.39 is 84.3 Å². The fourth-order valence-corrected chi connectivity index (χ4v) is 3.71. The SMILES string of the molecule is COC(=O)[C@]1(Cl)CC(OC(C)=O)[C@@H](NC(C)=O)C([C@H](OC(C)=O)[C@@H](COC(C)=O)OC(C)=O)O1. The second-order valence-electron chi connectivity index (χ2n) is 7.41. The van der Waals surface area contributed by atoms with Crippen LogP contribution in [0.2, 0.25) is 0 Å². The molecule has 1 fully saturated rings. The second-order valence-corrected chi connectivity index (χ2v) is 8.02. The van der Waals surface area contributed by atoms with Gasteiger partial charge in [0, 0.05) is 41.0 Å². The quantitative estimate of drug-likeness (QED) is 0.246. The van der Waals surface area contributed by atoms with Crippen molar-refractivity contribution < 1.29 is 57.2 Å². The first kappa shape index (κ1) is 29.1. The summed E-state index contributed by atoms with van der Waals surface area (Å²) in [6.45, 7) is 4.87. The average molecular weight is 510 g/mol. The summed E-state index contributed by atoms with van der Waals surface area (Å²) in [4.78, 5) is 71.2. The monoisotopic (exact) mass is 509 g/mol. The van der Waals surface area contributed by atoms with E-state index in [0.717, 1.165) is 41.7 Å². The van der Waals surface area contributed by atoms with Gasteiger partial charge in [0.05, 0.1) is 13.2 Å². The van der Waals surface area contributed by atoms with Gasteiger partial charge < -0.3 is 33.7 Å². The Hall–Kier alpha value is -2.93. The van der Waals surface area contributed by atoms with Gasteiger partial charge in [-0.15, -0.1) is 0 Å². The highest BCUT2D eigenvalue weighted by Gasteiger charge is 2.57. The number of ether oxygens (including phenoxy) is 6. The van der Waals surface area contributed by atoms with Crippen LogP contribution < -0.4 is 5.32 Å². The first-order valence-electron chi connectivity index (χ1n) is 10.1. The van der Waals surface area contributed by atoms with Gasteiger partial charge in [0.25, 0.3) is 0 Å². The third kappa shape index (κ3) is 8.45. The van der Waals surface area contributed by atoms with Crippen molar-refractivity contribution in [1.29, 1.82) is 0 Å². The van der Waals surface area contributed by atoms with Gasteiger partial charge in [-0.2, -0.15) is 0 Å². The summed E-state index contributed by atoms with van der Waals surface area (Å²) in [5.41, 5.74) is 0. The molecule has 0 spiro atoms. The Balaban J connectivity index is 3.64. The highest BCUT2D eigenvalue weighted by atomic mass is 35.5. The summed E-state index contributed by atoms with van der Waals surface area (Å²) in [5, 5.41) is 0.276. The molecule has 0 radical (unpaired) electrons. The fraction of sp³-hybridized carbons (Fsp3) is 0.700. The Bertz CT molecular complexity index is 817. The van der Waals surface area contributed by atoms with Crippen molar-refractivity contribution >= 4 is 47.4 Å². The largest absolute Gasteiger partial charge is 0.466 e. The lowest BCUT2D eigenvalue weighted by Crippen LogP contribution is -2.67. The molecule has 2 unspecified atom stereocenters. The Kier molecular flexibility index (Phi) is 10.7. The first-order chi connectivity index (χ1) is 15.7. The molecule has 1 heterocycles. The minimum absolute atomic E-state index is 0.447. The van der Waals surface area contributed by atoms with Crippen LogP contribution in [0.4, 0.5) is 0 Å². The number of methoxy groups -OCH3 is 1. The molecule has 6 atom stereocenters. The molecule has 0 saturated carbocycles. The third-order valence-electron chi connectivity index (χ3n) is 4.48. The summed E-state index contributed by atoms with van der Waals surface area (Å²) in [5.74, 6) is -4.87. The van der Waals surface area contributed by atoms with Crippen molar-refractivity contribution in [2.45, 2.75) is 76.6 Å². The maximum Gasteiger partial charge on any atom is 0.354 e. The molecule has 1 amide bonds. The number of carbonyl (C=O) groups excluding carboxylic acids is 6. The molecule has 0 aromatic heterocycles. The Morgan fingerprint density at radius 3 is 2.00 bits per heavy atom. The number of esters is 5. The van der Waals surface area contributed by atoms with E-state index >= 15 is 0 Å². The maximum atomic E-state index is 12.4. The van der Waals surface area contributed by atoms with Crippen molar-refractivity contribution in [3.05, 3.63) is 0 Å². The smallest absolute Gasteiger partial charge is 0.354 e. The van der Waals surface area contributed by atoms with Gasteiger partial charge >= 0.3 is 29.8 Å². The van der Waals surface area contributed by atoms with Crippen molar-refractivity contribution in [1.82, 2.24) is 5.32 Å². The zero-order chi connectivity index (χ0) is 26.2. The second kappa shape index (κ2) is 12.5. The molecule has 13 nitrogen and oxygen atoms in total. The molecular weight excluding hydrogens is 482 g/mol. The Labute approximate surface area is 200 Å². The number of carbonyl (C=O) groups is 6. The van der Waals surface area contributed by atoms with Gasteiger partial charge in [-0.1, -0.05) is 11.6 Å². The standard InChI is InChI=1S/C20H28ClNO12/c1-9(23)22-16-14(31-11(3)25)7-20(21,19(28)29-6)34-18(16)17(33-13(5)27)15(32-12(4)26)8-30-10(2)24/h14-18H,7-8H2,1-6H3,(H,22,23)/t14?,15-,16-,17-,18?,20+/m1/s1. The average Bonchev–Trinajstić information content (AvgIpc) is 2.69. The van der Waals surface area contributed by atoms with Gasteiger partial charge in [0.2, 0.25) is 11.0 Å². The fourth-order valence-electron chi connectivity index (χ4n) is 3.38. The van der Waals surface area contributed by atoms with E-state index in [1.807, 2.05) is 0 Å². The number of amides is 1. The molecular formula is C20H28ClNO12. The molecule has 0 aromatic carbocycles. The molecule has 14 heteroatoms. The van der Waals surface area contributed by atoms with Crippen LogP contribution in [0.5, 0.6) is 0 Å². The van der Waals surface area contributed by atoms with E-state index in [1.165, 1.54) is 0 Å². The predicted octanol–water partition coefficient (Wildman–Crippen LogP) is -0.254. The number of hydrogen-bond acceptors (Lipinski definition) is 12. The Morgan fingerprint density at radius 1 is 0.971 bits per heavy atom. The van der Waals surface area contributed by atoms with Gasteiger partial charge in [-0.25, -0.2) is 4.79 Å². The minimum atomic E-state index is -2.24. The zero-order valence-electron chi connectivity index (χ0n) is 19.6. The van der Waals surface area contributed by atoms with Crippen LogP contribution in [0, 0.1) is 0 Å². The van der Waals surface area contributed by atoms with Crippen LogP contribution in [0.25, 0.3) is 0 Å². The van der Waals surface area contributed by atoms with Gasteiger partial charge in [-0.05, 0) is 0 Å². The van der Waals surface area contributed by atoms with E-state index in [0.29, 0.717) is 0 Å². The Morgan fingerprint density at radius 2 is 1.56 bits per heavy atom. The number of nitrogens with one attached hydrogen (secondary N) is 1. The number of alkyl halides is 1. The van der Waals surface area contributed by atoms with Crippen molar-refractivity contribution in [2.24, 2.45) is 0 Å². The topological polar surface area (TPSA) is 170 Å². The van der Waals surface area contributed by atoms with Crippen molar-refractivity contribution in [2.75, 3.05) is 13.7 Å². The van der Waals surface area contributed by atoms with Crippen LogP contribution in [-0.2, 0) is 57.2 Å². The number of rotatable bonds is 9. The van der Waals surface area contributed by atoms with Crippen LogP contribution in [0.3, 0.4) is 0 Å². The molecule has 0 aromatic rings. The summed E-state index contributed by atoms with van der Waals surface area (Å²) >= 11 is 6.38.